The number of esters is 1. The van der Waals surface area contributed by atoms with Crippen LogP contribution < -0.4 is 0 Å². The molecule has 0 spiro atoms. The van der Waals surface area contributed by atoms with Crippen LogP contribution in [-0.2, 0) is 4.74 Å². The van der Waals surface area contributed by atoms with Crippen molar-refractivity contribution in [3.63, 3.8) is 0 Å². The summed E-state index contributed by atoms with van der Waals surface area (Å²) < 4.78 is 5.10. The molecule has 0 aromatic carbocycles. The SMILES string of the molecule is O=C(OC1CCC1)c1cc([N+](=O)[O-])cnc1Cl. The number of ether oxygens (including phenoxy) is 1. The van der Waals surface area contributed by atoms with E-state index in [0.29, 0.717) is 0 Å². The van der Waals surface area contributed by atoms with Crippen molar-refractivity contribution < 1.29 is 14.5 Å². The first-order chi connectivity index (χ1) is 8.08. The molecule has 0 atom stereocenters. The lowest BCUT2D eigenvalue weighted by atomic mass is 9.96. The zero-order chi connectivity index (χ0) is 12.4. The highest BCUT2D eigenvalue weighted by Crippen LogP contribution is 2.25. The predicted molar refractivity (Wildman–Crippen MR) is 59.0 cm³/mol. The number of nitro groups is 1. The van der Waals surface area contributed by atoms with Crippen molar-refractivity contribution in [1.29, 1.82) is 0 Å². The van der Waals surface area contributed by atoms with Gasteiger partial charge >= 0.3 is 5.97 Å². The van der Waals surface area contributed by atoms with E-state index in [1.807, 2.05) is 0 Å². The number of hydrogen-bond donors (Lipinski definition) is 0. The van der Waals surface area contributed by atoms with Crippen LogP contribution in [0.2, 0.25) is 5.15 Å². The Labute approximate surface area is 102 Å². The number of halogens is 1. The minimum Gasteiger partial charge on any atom is -0.459 e. The van der Waals surface area contributed by atoms with E-state index < -0.39 is 10.9 Å². The normalized spacial score (nSPS) is 15.1. The zero-order valence-corrected chi connectivity index (χ0v) is 9.51. The maximum atomic E-state index is 11.7. The van der Waals surface area contributed by atoms with Gasteiger partial charge in [-0.1, -0.05) is 11.6 Å². The standard InChI is InChI=1S/C10H9ClN2O4/c11-9-8(4-6(5-12-9)13(15)16)10(14)17-7-2-1-3-7/h4-5,7H,1-3H2. The molecule has 7 heteroatoms. The van der Waals surface area contributed by atoms with Crippen LogP contribution in [0.15, 0.2) is 12.3 Å². The van der Waals surface area contributed by atoms with E-state index in [4.69, 9.17) is 16.3 Å². The molecule has 1 aliphatic carbocycles. The summed E-state index contributed by atoms with van der Waals surface area (Å²) in [5.74, 6) is -0.657. The van der Waals surface area contributed by atoms with Crippen LogP contribution in [0.25, 0.3) is 0 Å². The largest absolute Gasteiger partial charge is 0.459 e. The lowest BCUT2D eigenvalue weighted by molar-refractivity contribution is -0.385. The molecule has 1 aliphatic rings. The number of carbonyl (C=O) groups excluding carboxylic acids is 1. The van der Waals surface area contributed by atoms with Crippen molar-refractivity contribution in [1.82, 2.24) is 4.98 Å². The summed E-state index contributed by atoms with van der Waals surface area (Å²) >= 11 is 5.71. The van der Waals surface area contributed by atoms with Crippen molar-refractivity contribution in [2.75, 3.05) is 0 Å². The van der Waals surface area contributed by atoms with E-state index in [9.17, 15) is 14.9 Å². The Morgan fingerprint density at radius 1 is 1.59 bits per heavy atom. The third-order valence-corrected chi connectivity index (χ3v) is 2.88. The third-order valence-electron chi connectivity index (χ3n) is 2.58. The van der Waals surface area contributed by atoms with E-state index in [2.05, 4.69) is 4.98 Å². The van der Waals surface area contributed by atoms with Gasteiger partial charge in [-0.15, -0.1) is 0 Å². The summed E-state index contributed by atoms with van der Waals surface area (Å²) in [4.78, 5) is 25.2. The summed E-state index contributed by atoms with van der Waals surface area (Å²) in [6, 6.07) is 1.08. The van der Waals surface area contributed by atoms with Gasteiger partial charge in [0.1, 0.15) is 23.0 Å². The zero-order valence-electron chi connectivity index (χ0n) is 8.76. The van der Waals surface area contributed by atoms with Gasteiger partial charge in [-0.25, -0.2) is 9.78 Å². The monoisotopic (exact) mass is 256 g/mol. The highest BCUT2D eigenvalue weighted by molar-refractivity contribution is 6.32. The fourth-order valence-corrected chi connectivity index (χ4v) is 1.56. The number of rotatable bonds is 3. The third kappa shape index (κ3) is 2.52. The van der Waals surface area contributed by atoms with E-state index in [1.165, 1.54) is 0 Å². The fourth-order valence-electron chi connectivity index (χ4n) is 1.38. The number of pyridine rings is 1. The molecule has 0 unspecified atom stereocenters. The highest BCUT2D eigenvalue weighted by atomic mass is 35.5. The quantitative estimate of drug-likeness (QED) is 0.359. The molecule has 90 valence electrons. The summed E-state index contributed by atoms with van der Waals surface area (Å²) in [5, 5.41) is 10.5. The van der Waals surface area contributed by atoms with Gasteiger partial charge in [-0.05, 0) is 19.3 Å². The molecule has 0 aliphatic heterocycles. The molecule has 0 saturated heterocycles. The number of nitrogens with zero attached hydrogens (tertiary/aromatic N) is 2. The Kier molecular flexibility index (Phi) is 3.23. The molecular formula is C10H9ClN2O4. The molecule has 0 bridgehead atoms. The molecule has 6 nitrogen and oxygen atoms in total. The molecule has 1 saturated carbocycles. The molecule has 17 heavy (non-hydrogen) atoms. The van der Waals surface area contributed by atoms with Crippen LogP contribution in [0.4, 0.5) is 5.69 Å². The van der Waals surface area contributed by atoms with Crippen LogP contribution in [0.1, 0.15) is 29.6 Å². The second kappa shape index (κ2) is 4.67. The minimum absolute atomic E-state index is 0.0623. The topological polar surface area (TPSA) is 82.3 Å². The molecule has 1 fully saturated rings. The Hall–Kier alpha value is -1.69. The van der Waals surface area contributed by atoms with Gasteiger partial charge in [0.05, 0.1) is 4.92 Å². The van der Waals surface area contributed by atoms with E-state index in [1.54, 1.807) is 0 Å². The Balaban J connectivity index is 2.20. The second-order valence-corrected chi connectivity index (χ2v) is 4.11. The Morgan fingerprint density at radius 3 is 2.82 bits per heavy atom. The van der Waals surface area contributed by atoms with Crippen LogP contribution in [0.3, 0.4) is 0 Å². The average molecular weight is 257 g/mol. The van der Waals surface area contributed by atoms with Gasteiger partial charge in [-0.2, -0.15) is 0 Å². The number of aromatic nitrogens is 1. The number of hydrogen-bond acceptors (Lipinski definition) is 5. The highest BCUT2D eigenvalue weighted by Gasteiger charge is 2.25. The smallest absolute Gasteiger partial charge is 0.341 e. The first-order valence-corrected chi connectivity index (χ1v) is 5.46. The maximum Gasteiger partial charge on any atom is 0.341 e. The van der Waals surface area contributed by atoms with Crippen LogP contribution in [0.5, 0.6) is 0 Å². The molecule has 2 rings (SSSR count). The van der Waals surface area contributed by atoms with Crippen molar-refractivity contribution >= 4 is 23.3 Å². The minimum atomic E-state index is -0.657. The molecular weight excluding hydrogens is 248 g/mol. The molecule has 1 heterocycles. The lowest BCUT2D eigenvalue weighted by Crippen LogP contribution is -2.25. The summed E-state index contributed by atoms with van der Waals surface area (Å²) in [6.45, 7) is 0. The molecule has 0 N–H and O–H groups in total. The van der Waals surface area contributed by atoms with Crippen molar-refractivity contribution in [2.45, 2.75) is 25.4 Å². The summed E-state index contributed by atoms with van der Waals surface area (Å²) in [5.41, 5.74) is -0.345. The first-order valence-electron chi connectivity index (χ1n) is 5.09. The van der Waals surface area contributed by atoms with E-state index >= 15 is 0 Å². The average Bonchev–Trinajstić information content (AvgIpc) is 2.23. The Morgan fingerprint density at radius 2 is 2.29 bits per heavy atom. The van der Waals surface area contributed by atoms with Crippen LogP contribution in [0, 0.1) is 10.1 Å². The summed E-state index contributed by atoms with van der Waals surface area (Å²) in [6.07, 6.45) is 3.58. The van der Waals surface area contributed by atoms with Crippen molar-refractivity contribution in [2.24, 2.45) is 0 Å². The lowest BCUT2D eigenvalue weighted by Gasteiger charge is -2.25. The summed E-state index contributed by atoms with van der Waals surface area (Å²) in [7, 11) is 0. The van der Waals surface area contributed by atoms with Gasteiger partial charge in [0.15, 0.2) is 0 Å². The molecule has 0 amide bonds. The first kappa shape index (κ1) is 11.8. The van der Waals surface area contributed by atoms with Crippen molar-refractivity contribution in [3.05, 3.63) is 33.1 Å². The fraction of sp³-hybridized carbons (Fsp3) is 0.400. The number of carbonyl (C=O) groups is 1. The molecule has 0 radical (unpaired) electrons. The maximum absolute atomic E-state index is 11.7. The Bertz CT molecular complexity index is 473. The van der Waals surface area contributed by atoms with E-state index in [0.717, 1.165) is 31.5 Å². The second-order valence-electron chi connectivity index (χ2n) is 3.75. The molecule has 1 aromatic heterocycles. The van der Waals surface area contributed by atoms with Crippen LogP contribution in [-0.4, -0.2) is 22.0 Å². The van der Waals surface area contributed by atoms with Gasteiger partial charge < -0.3 is 4.74 Å². The predicted octanol–water partition coefficient (Wildman–Crippen LogP) is 2.35. The van der Waals surface area contributed by atoms with Gasteiger partial charge in [-0.3, -0.25) is 10.1 Å². The molecule has 1 aromatic rings. The van der Waals surface area contributed by atoms with Gasteiger partial charge in [0, 0.05) is 6.07 Å². The van der Waals surface area contributed by atoms with E-state index in [-0.39, 0.29) is 22.5 Å². The van der Waals surface area contributed by atoms with Crippen LogP contribution >= 0.6 is 11.6 Å². The van der Waals surface area contributed by atoms with Gasteiger partial charge in [0.25, 0.3) is 5.69 Å². The van der Waals surface area contributed by atoms with Crippen molar-refractivity contribution in [3.8, 4) is 0 Å². The van der Waals surface area contributed by atoms with Gasteiger partial charge in [0.2, 0.25) is 0 Å².